The standard InChI is InChI=1S/C15H25N3O/c1-17(2)15-7-6-13(11-16-15)12-18(3)9-8-14-5-4-10-19-14/h6-7,11,14H,4-5,8-10,12H2,1-3H3/t14-/m1/s1. The van der Waals surface area contributed by atoms with Gasteiger partial charge in [0.05, 0.1) is 6.10 Å². The van der Waals surface area contributed by atoms with E-state index in [0.717, 1.165) is 31.9 Å². The van der Waals surface area contributed by atoms with Crippen LogP contribution < -0.4 is 4.90 Å². The second kappa shape index (κ2) is 6.87. The van der Waals surface area contributed by atoms with Crippen LogP contribution in [0.5, 0.6) is 0 Å². The summed E-state index contributed by atoms with van der Waals surface area (Å²) in [7, 11) is 6.18. The van der Waals surface area contributed by atoms with Crippen LogP contribution in [0.25, 0.3) is 0 Å². The summed E-state index contributed by atoms with van der Waals surface area (Å²) in [5.74, 6) is 1.01. The van der Waals surface area contributed by atoms with Crippen molar-refractivity contribution in [2.75, 3.05) is 39.2 Å². The second-order valence-electron chi connectivity index (χ2n) is 5.58. The molecule has 1 aromatic heterocycles. The lowest BCUT2D eigenvalue weighted by molar-refractivity contribution is 0.0943. The third-order valence-electron chi connectivity index (χ3n) is 3.58. The van der Waals surface area contributed by atoms with Crippen LogP contribution in [-0.4, -0.2) is 50.3 Å². The molecule has 1 aliphatic heterocycles. The number of hydrogen-bond donors (Lipinski definition) is 0. The number of ether oxygens (including phenoxy) is 1. The minimum Gasteiger partial charge on any atom is -0.378 e. The summed E-state index contributed by atoms with van der Waals surface area (Å²) < 4.78 is 5.65. The van der Waals surface area contributed by atoms with Gasteiger partial charge in [-0.15, -0.1) is 0 Å². The normalized spacial score (nSPS) is 19.1. The Labute approximate surface area is 116 Å². The Morgan fingerprint density at radius 3 is 2.74 bits per heavy atom. The molecule has 0 amide bonds. The van der Waals surface area contributed by atoms with Gasteiger partial charge >= 0.3 is 0 Å². The summed E-state index contributed by atoms with van der Waals surface area (Å²) >= 11 is 0. The Hall–Kier alpha value is -1.13. The highest BCUT2D eigenvalue weighted by Gasteiger charge is 2.15. The van der Waals surface area contributed by atoms with Gasteiger partial charge in [-0.1, -0.05) is 6.07 Å². The van der Waals surface area contributed by atoms with Gasteiger partial charge < -0.3 is 14.5 Å². The van der Waals surface area contributed by atoms with Gasteiger partial charge in [0.15, 0.2) is 0 Å². The molecule has 1 aliphatic rings. The fraction of sp³-hybridized carbons (Fsp3) is 0.667. The highest BCUT2D eigenvalue weighted by molar-refractivity contribution is 5.37. The highest BCUT2D eigenvalue weighted by Crippen LogP contribution is 2.16. The zero-order valence-corrected chi connectivity index (χ0v) is 12.3. The second-order valence-corrected chi connectivity index (χ2v) is 5.58. The Morgan fingerprint density at radius 2 is 2.16 bits per heavy atom. The molecule has 0 spiro atoms. The molecule has 0 aromatic carbocycles. The number of anilines is 1. The minimum atomic E-state index is 0.483. The lowest BCUT2D eigenvalue weighted by Crippen LogP contribution is -2.23. The van der Waals surface area contributed by atoms with Crippen LogP contribution in [0.15, 0.2) is 18.3 Å². The zero-order valence-electron chi connectivity index (χ0n) is 12.3. The maximum Gasteiger partial charge on any atom is 0.127 e. The van der Waals surface area contributed by atoms with E-state index in [1.807, 2.05) is 25.2 Å². The van der Waals surface area contributed by atoms with Gasteiger partial charge in [-0.05, 0) is 37.9 Å². The topological polar surface area (TPSA) is 28.6 Å². The fourth-order valence-electron chi connectivity index (χ4n) is 2.40. The third-order valence-corrected chi connectivity index (χ3v) is 3.58. The lowest BCUT2D eigenvalue weighted by atomic mass is 10.1. The van der Waals surface area contributed by atoms with E-state index in [1.54, 1.807) is 0 Å². The highest BCUT2D eigenvalue weighted by atomic mass is 16.5. The van der Waals surface area contributed by atoms with Gasteiger partial charge in [0.2, 0.25) is 0 Å². The van der Waals surface area contributed by atoms with E-state index in [0.29, 0.717) is 6.10 Å². The molecule has 1 aromatic rings. The molecule has 0 aliphatic carbocycles. The van der Waals surface area contributed by atoms with E-state index in [1.165, 1.54) is 18.4 Å². The Morgan fingerprint density at radius 1 is 1.32 bits per heavy atom. The molecular weight excluding hydrogens is 238 g/mol. The molecule has 0 unspecified atom stereocenters. The molecule has 19 heavy (non-hydrogen) atoms. The number of aromatic nitrogens is 1. The first kappa shape index (κ1) is 14.3. The van der Waals surface area contributed by atoms with Crippen LogP contribution >= 0.6 is 0 Å². The van der Waals surface area contributed by atoms with Gasteiger partial charge in [0, 0.05) is 40.0 Å². The molecule has 1 fully saturated rings. The van der Waals surface area contributed by atoms with E-state index in [-0.39, 0.29) is 0 Å². The number of pyridine rings is 1. The minimum absolute atomic E-state index is 0.483. The molecule has 0 N–H and O–H groups in total. The Balaban J connectivity index is 1.76. The van der Waals surface area contributed by atoms with Gasteiger partial charge in [-0.2, -0.15) is 0 Å². The van der Waals surface area contributed by atoms with Crippen LogP contribution in [0.1, 0.15) is 24.8 Å². The van der Waals surface area contributed by atoms with Crippen LogP contribution in [0, 0.1) is 0 Å². The molecule has 2 rings (SSSR count). The summed E-state index contributed by atoms with van der Waals surface area (Å²) in [5, 5.41) is 0. The van der Waals surface area contributed by atoms with E-state index in [4.69, 9.17) is 4.74 Å². The van der Waals surface area contributed by atoms with E-state index in [9.17, 15) is 0 Å². The van der Waals surface area contributed by atoms with Crippen LogP contribution in [0.3, 0.4) is 0 Å². The third kappa shape index (κ3) is 4.48. The maximum atomic E-state index is 5.65. The first-order valence-electron chi connectivity index (χ1n) is 7.07. The van der Waals surface area contributed by atoms with E-state index < -0.39 is 0 Å². The van der Waals surface area contributed by atoms with Crippen molar-refractivity contribution in [1.29, 1.82) is 0 Å². The molecule has 4 nitrogen and oxygen atoms in total. The Bertz CT molecular complexity index is 371. The molecule has 1 saturated heterocycles. The number of rotatable bonds is 6. The lowest BCUT2D eigenvalue weighted by Gasteiger charge is -2.19. The molecule has 0 radical (unpaired) electrons. The SMILES string of the molecule is CN(CC[C@H]1CCCO1)Cc1ccc(N(C)C)nc1. The molecule has 106 valence electrons. The summed E-state index contributed by atoms with van der Waals surface area (Å²) in [4.78, 5) is 8.80. The first-order chi connectivity index (χ1) is 9.15. The molecule has 1 atom stereocenters. The monoisotopic (exact) mass is 263 g/mol. The zero-order chi connectivity index (χ0) is 13.7. The van der Waals surface area contributed by atoms with Gasteiger partial charge in [0.1, 0.15) is 5.82 Å². The average Bonchev–Trinajstić information content (AvgIpc) is 2.90. The van der Waals surface area contributed by atoms with Crippen molar-refractivity contribution in [3.63, 3.8) is 0 Å². The predicted molar refractivity (Wildman–Crippen MR) is 78.5 cm³/mol. The molecule has 0 saturated carbocycles. The van der Waals surface area contributed by atoms with Crippen LogP contribution in [0.2, 0.25) is 0 Å². The summed E-state index contributed by atoms with van der Waals surface area (Å²) in [6.07, 6.45) is 6.05. The Kier molecular flexibility index (Phi) is 5.16. The van der Waals surface area contributed by atoms with Gasteiger partial charge in [0.25, 0.3) is 0 Å². The molecule has 2 heterocycles. The van der Waals surface area contributed by atoms with Crippen molar-refractivity contribution < 1.29 is 4.74 Å². The van der Waals surface area contributed by atoms with Crippen molar-refractivity contribution >= 4 is 5.82 Å². The number of hydrogen-bond acceptors (Lipinski definition) is 4. The molecule has 0 bridgehead atoms. The largest absolute Gasteiger partial charge is 0.378 e. The van der Waals surface area contributed by atoms with Crippen molar-refractivity contribution in [2.24, 2.45) is 0 Å². The van der Waals surface area contributed by atoms with Crippen molar-refractivity contribution in [1.82, 2.24) is 9.88 Å². The van der Waals surface area contributed by atoms with Gasteiger partial charge in [-0.25, -0.2) is 4.98 Å². The maximum absolute atomic E-state index is 5.65. The molecule has 4 heteroatoms. The summed E-state index contributed by atoms with van der Waals surface area (Å²) in [5.41, 5.74) is 1.26. The van der Waals surface area contributed by atoms with E-state index >= 15 is 0 Å². The summed E-state index contributed by atoms with van der Waals surface area (Å²) in [6.45, 7) is 2.98. The smallest absolute Gasteiger partial charge is 0.127 e. The van der Waals surface area contributed by atoms with Crippen LogP contribution in [-0.2, 0) is 11.3 Å². The molecular formula is C15H25N3O. The van der Waals surface area contributed by atoms with Gasteiger partial charge in [-0.3, -0.25) is 0 Å². The van der Waals surface area contributed by atoms with E-state index in [2.05, 4.69) is 29.1 Å². The van der Waals surface area contributed by atoms with Crippen molar-refractivity contribution in [3.05, 3.63) is 23.9 Å². The first-order valence-corrected chi connectivity index (χ1v) is 7.07. The quantitative estimate of drug-likeness (QED) is 0.786. The van der Waals surface area contributed by atoms with Crippen LogP contribution in [0.4, 0.5) is 5.82 Å². The van der Waals surface area contributed by atoms with Crippen molar-refractivity contribution in [2.45, 2.75) is 31.9 Å². The van der Waals surface area contributed by atoms with Crippen molar-refractivity contribution in [3.8, 4) is 0 Å². The number of nitrogens with zero attached hydrogens (tertiary/aromatic N) is 3. The summed E-state index contributed by atoms with van der Waals surface area (Å²) in [6, 6.07) is 4.23. The fourth-order valence-corrected chi connectivity index (χ4v) is 2.40. The average molecular weight is 263 g/mol. The predicted octanol–water partition coefficient (Wildman–Crippen LogP) is 2.15.